The number of benzene rings is 2. The molecule has 0 aliphatic carbocycles. The Morgan fingerprint density at radius 2 is 1.74 bits per heavy atom. The summed E-state index contributed by atoms with van der Waals surface area (Å²) in [6, 6.07) is 14.6. The molecule has 1 heterocycles. The van der Waals surface area contributed by atoms with E-state index < -0.39 is 0 Å². The first-order valence-electron chi connectivity index (χ1n) is 8.18. The van der Waals surface area contributed by atoms with Gasteiger partial charge in [0.25, 0.3) is 0 Å². The molecule has 0 spiro atoms. The van der Waals surface area contributed by atoms with Gasteiger partial charge in [0.15, 0.2) is 0 Å². The molecule has 3 nitrogen and oxygen atoms in total. The number of carbonyl (C=O) groups is 1. The minimum Gasteiger partial charge on any atom is -0.334 e. The van der Waals surface area contributed by atoms with Crippen LogP contribution in [0.5, 0.6) is 0 Å². The molecule has 23 heavy (non-hydrogen) atoms. The van der Waals surface area contributed by atoms with Crippen LogP contribution < -0.4 is 5.73 Å². The van der Waals surface area contributed by atoms with Gasteiger partial charge in [0.2, 0.25) is 5.91 Å². The maximum Gasteiger partial charge on any atom is 0.225 e. The number of amides is 1. The van der Waals surface area contributed by atoms with E-state index in [1.54, 1.807) is 0 Å². The van der Waals surface area contributed by atoms with Crippen molar-refractivity contribution < 1.29 is 4.79 Å². The zero-order valence-electron chi connectivity index (χ0n) is 14.0. The molecular formula is C20H24N2O. The van der Waals surface area contributed by atoms with Gasteiger partial charge >= 0.3 is 0 Å². The number of rotatable bonds is 3. The highest BCUT2D eigenvalue weighted by Crippen LogP contribution is 2.28. The third-order valence-electron chi connectivity index (χ3n) is 4.52. The average molecular weight is 308 g/mol. The number of hydrogen-bond acceptors (Lipinski definition) is 2. The summed E-state index contributed by atoms with van der Waals surface area (Å²) < 4.78 is 0. The van der Waals surface area contributed by atoms with Crippen molar-refractivity contribution in [3.05, 3.63) is 70.3 Å². The van der Waals surface area contributed by atoms with E-state index in [0.717, 1.165) is 11.1 Å². The molecule has 0 radical (unpaired) electrons. The first kappa shape index (κ1) is 15.8. The van der Waals surface area contributed by atoms with Gasteiger partial charge in [-0.15, -0.1) is 0 Å². The summed E-state index contributed by atoms with van der Waals surface area (Å²) in [7, 11) is 0. The number of fused-ring (bicyclic) bond motifs is 1. The van der Waals surface area contributed by atoms with E-state index in [0.29, 0.717) is 13.1 Å². The molecule has 120 valence electrons. The van der Waals surface area contributed by atoms with Crippen LogP contribution in [-0.2, 0) is 17.9 Å². The van der Waals surface area contributed by atoms with Gasteiger partial charge < -0.3 is 10.6 Å². The molecule has 2 N–H and O–H groups in total. The molecule has 3 heteroatoms. The van der Waals surface area contributed by atoms with Crippen LogP contribution in [0.1, 0.15) is 47.7 Å². The number of aryl methyl sites for hydroxylation is 1. The second-order valence-corrected chi connectivity index (χ2v) is 6.77. The smallest absolute Gasteiger partial charge is 0.225 e. The van der Waals surface area contributed by atoms with Gasteiger partial charge in [-0.25, -0.2) is 0 Å². The lowest BCUT2D eigenvalue weighted by Crippen LogP contribution is -2.29. The number of carbonyl (C=O) groups excluding carboxylic acids is 1. The van der Waals surface area contributed by atoms with Gasteiger partial charge in [-0.3, -0.25) is 4.79 Å². The molecule has 0 fully saturated rings. The van der Waals surface area contributed by atoms with E-state index in [9.17, 15) is 4.79 Å². The zero-order valence-corrected chi connectivity index (χ0v) is 14.0. The van der Waals surface area contributed by atoms with E-state index in [2.05, 4.69) is 43.3 Å². The van der Waals surface area contributed by atoms with E-state index >= 15 is 0 Å². The Morgan fingerprint density at radius 3 is 2.43 bits per heavy atom. The third-order valence-corrected chi connectivity index (χ3v) is 4.52. The van der Waals surface area contributed by atoms with E-state index in [1.165, 1.54) is 16.7 Å². The SMILES string of the molecule is Cc1cccc(C(N)c2ccc3c(c2)CN(C(=O)C(C)C)C3)c1. The molecule has 2 aromatic rings. The highest BCUT2D eigenvalue weighted by Gasteiger charge is 2.25. The van der Waals surface area contributed by atoms with Crippen LogP contribution in [0.4, 0.5) is 0 Å². The van der Waals surface area contributed by atoms with Gasteiger partial charge in [-0.1, -0.05) is 61.9 Å². The molecule has 1 aliphatic heterocycles. The monoisotopic (exact) mass is 308 g/mol. The number of nitrogens with two attached hydrogens (primary N) is 1. The molecule has 0 bridgehead atoms. The Hall–Kier alpha value is -2.13. The van der Waals surface area contributed by atoms with Crippen molar-refractivity contribution in [3.8, 4) is 0 Å². The van der Waals surface area contributed by atoms with E-state index in [-0.39, 0.29) is 17.9 Å². The summed E-state index contributed by atoms with van der Waals surface area (Å²) in [5, 5.41) is 0. The Labute approximate surface area is 138 Å². The summed E-state index contributed by atoms with van der Waals surface area (Å²) in [6.45, 7) is 7.39. The van der Waals surface area contributed by atoms with E-state index in [4.69, 9.17) is 5.73 Å². The fourth-order valence-corrected chi connectivity index (χ4v) is 3.18. The summed E-state index contributed by atoms with van der Waals surface area (Å²) >= 11 is 0. The maximum atomic E-state index is 12.2. The minimum absolute atomic E-state index is 0.0401. The molecule has 0 aromatic heterocycles. The molecule has 1 amide bonds. The second kappa shape index (κ2) is 6.17. The number of nitrogens with zero attached hydrogens (tertiary/aromatic N) is 1. The molecular weight excluding hydrogens is 284 g/mol. The molecule has 0 saturated heterocycles. The zero-order chi connectivity index (χ0) is 16.6. The molecule has 0 saturated carbocycles. The van der Waals surface area contributed by atoms with Crippen LogP contribution in [0.2, 0.25) is 0 Å². The predicted molar refractivity (Wildman–Crippen MR) is 92.7 cm³/mol. The largest absolute Gasteiger partial charge is 0.334 e. The van der Waals surface area contributed by atoms with Gasteiger partial charge in [0.1, 0.15) is 0 Å². The van der Waals surface area contributed by atoms with Crippen LogP contribution in [0.3, 0.4) is 0 Å². The molecule has 1 unspecified atom stereocenters. The Morgan fingerprint density at radius 1 is 1.04 bits per heavy atom. The van der Waals surface area contributed by atoms with Gasteiger partial charge in [0, 0.05) is 19.0 Å². The van der Waals surface area contributed by atoms with Crippen molar-refractivity contribution in [1.29, 1.82) is 0 Å². The van der Waals surface area contributed by atoms with Crippen LogP contribution in [0, 0.1) is 12.8 Å². The quantitative estimate of drug-likeness (QED) is 0.942. The Kier molecular flexibility index (Phi) is 4.22. The van der Waals surface area contributed by atoms with Gasteiger partial charge in [0.05, 0.1) is 6.04 Å². The third kappa shape index (κ3) is 3.15. The van der Waals surface area contributed by atoms with Crippen LogP contribution in [0.15, 0.2) is 42.5 Å². The fraction of sp³-hybridized carbons (Fsp3) is 0.350. The summed E-state index contributed by atoms with van der Waals surface area (Å²) in [4.78, 5) is 14.1. The lowest BCUT2D eigenvalue weighted by atomic mass is 9.95. The normalized spacial score (nSPS) is 14.9. The first-order valence-corrected chi connectivity index (χ1v) is 8.18. The maximum absolute atomic E-state index is 12.2. The highest BCUT2D eigenvalue weighted by molar-refractivity contribution is 5.78. The fourth-order valence-electron chi connectivity index (χ4n) is 3.18. The molecule has 1 atom stereocenters. The van der Waals surface area contributed by atoms with Gasteiger partial charge in [-0.05, 0) is 29.2 Å². The lowest BCUT2D eigenvalue weighted by molar-refractivity contribution is -0.135. The Bertz CT molecular complexity index is 736. The Balaban J connectivity index is 1.83. The molecule has 2 aromatic carbocycles. The average Bonchev–Trinajstić information content (AvgIpc) is 2.96. The highest BCUT2D eigenvalue weighted by atomic mass is 16.2. The van der Waals surface area contributed by atoms with Crippen molar-refractivity contribution in [1.82, 2.24) is 4.90 Å². The van der Waals surface area contributed by atoms with Crippen molar-refractivity contribution in [2.45, 2.75) is 39.9 Å². The van der Waals surface area contributed by atoms with Crippen LogP contribution in [0.25, 0.3) is 0 Å². The van der Waals surface area contributed by atoms with Crippen molar-refractivity contribution in [2.75, 3.05) is 0 Å². The van der Waals surface area contributed by atoms with Crippen LogP contribution >= 0.6 is 0 Å². The van der Waals surface area contributed by atoms with Crippen molar-refractivity contribution in [3.63, 3.8) is 0 Å². The standard InChI is InChI=1S/C20H24N2O/c1-13(2)20(23)22-11-17-8-7-16(10-18(17)12-22)19(21)15-6-4-5-14(3)9-15/h4-10,13,19H,11-12,21H2,1-3H3. The molecule has 3 rings (SSSR count). The minimum atomic E-state index is -0.130. The van der Waals surface area contributed by atoms with Crippen LogP contribution in [-0.4, -0.2) is 10.8 Å². The van der Waals surface area contributed by atoms with Crippen molar-refractivity contribution >= 4 is 5.91 Å². The lowest BCUT2D eigenvalue weighted by Gasteiger charge is -2.17. The number of hydrogen-bond donors (Lipinski definition) is 1. The topological polar surface area (TPSA) is 46.3 Å². The summed E-state index contributed by atoms with van der Waals surface area (Å²) in [6.07, 6.45) is 0. The summed E-state index contributed by atoms with van der Waals surface area (Å²) in [5.74, 6) is 0.254. The predicted octanol–water partition coefficient (Wildman–Crippen LogP) is 3.54. The first-order chi connectivity index (χ1) is 11.0. The van der Waals surface area contributed by atoms with Crippen molar-refractivity contribution in [2.24, 2.45) is 11.7 Å². The second-order valence-electron chi connectivity index (χ2n) is 6.77. The van der Waals surface area contributed by atoms with E-state index in [1.807, 2.05) is 24.8 Å². The van der Waals surface area contributed by atoms with Gasteiger partial charge in [-0.2, -0.15) is 0 Å². The summed E-state index contributed by atoms with van der Waals surface area (Å²) in [5.41, 5.74) is 12.3. The molecule has 1 aliphatic rings.